The zero-order chi connectivity index (χ0) is 28.6. The van der Waals surface area contributed by atoms with Crippen molar-refractivity contribution in [3.05, 3.63) is 110 Å². The van der Waals surface area contributed by atoms with E-state index in [0.717, 1.165) is 17.3 Å². The molecule has 0 aliphatic carbocycles. The normalized spacial score (nSPS) is 14.8. The zero-order valence-electron chi connectivity index (χ0n) is 21.5. The van der Waals surface area contributed by atoms with E-state index in [2.05, 4.69) is 27.0 Å². The molecule has 4 rings (SSSR count). The van der Waals surface area contributed by atoms with Gasteiger partial charge in [0.1, 0.15) is 23.0 Å². The maximum Gasteiger partial charge on any atom is 0.344 e. The lowest BCUT2D eigenvalue weighted by Crippen LogP contribution is -2.14. The molecule has 0 spiro atoms. The summed E-state index contributed by atoms with van der Waals surface area (Å²) in [5.74, 6) is -0.835. The number of aliphatic imine (C=N–C) groups is 1. The van der Waals surface area contributed by atoms with Crippen molar-refractivity contribution in [2.75, 3.05) is 13.7 Å². The van der Waals surface area contributed by atoms with Gasteiger partial charge in [-0.1, -0.05) is 64.1 Å². The van der Waals surface area contributed by atoms with Crippen LogP contribution in [0, 0.1) is 11.3 Å². The lowest BCUT2D eigenvalue weighted by molar-refractivity contribution is -0.138. The first-order valence-corrected chi connectivity index (χ1v) is 13.6. The Morgan fingerprint density at radius 1 is 1.10 bits per heavy atom. The monoisotopic (exact) mass is 618 g/mol. The molecule has 10 heteroatoms. The van der Waals surface area contributed by atoms with Gasteiger partial charge in [-0.15, -0.1) is 0 Å². The number of nitrogens with zero attached hydrogens (tertiary/aromatic N) is 2. The largest absolute Gasteiger partial charge is 0.506 e. The molecule has 0 atom stereocenters. The van der Waals surface area contributed by atoms with Crippen LogP contribution in [0.15, 0.2) is 92.4 Å². The minimum Gasteiger partial charge on any atom is -0.506 e. The molecule has 1 aliphatic heterocycles. The molecular formula is C30H23BrN2O6S. The molecule has 1 heterocycles. The summed E-state index contributed by atoms with van der Waals surface area (Å²) < 4.78 is 17.2. The standard InChI is InChI=1S/C30H23BrN2O6S/c1-3-38-30(36)26-27(34)25(40-29(26)33-28(35)18-9-5-4-6-10-18)14-21-13-23(37-2)24(15-22(21)31)39-17-20-12-8-7-11-19(20)16-32/h4-15,34H,3,17H2,1-2H3/b25-14-,33-29?. The second-order valence-electron chi connectivity index (χ2n) is 8.23. The minimum absolute atomic E-state index is 0.0373. The van der Waals surface area contributed by atoms with Gasteiger partial charge >= 0.3 is 5.97 Å². The highest BCUT2D eigenvalue weighted by Crippen LogP contribution is 2.42. The predicted octanol–water partition coefficient (Wildman–Crippen LogP) is 6.61. The van der Waals surface area contributed by atoms with Gasteiger partial charge in [0.25, 0.3) is 5.91 Å². The first-order valence-electron chi connectivity index (χ1n) is 12.0. The molecule has 3 aromatic rings. The lowest BCUT2D eigenvalue weighted by Gasteiger charge is -2.14. The number of thioether (sulfide) groups is 1. The molecule has 1 N–H and O–H groups in total. The van der Waals surface area contributed by atoms with Crippen LogP contribution in [-0.4, -0.2) is 35.7 Å². The van der Waals surface area contributed by atoms with Crippen LogP contribution in [0.3, 0.4) is 0 Å². The minimum atomic E-state index is -0.784. The zero-order valence-corrected chi connectivity index (χ0v) is 23.9. The summed E-state index contributed by atoms with van der Waals surface area (Å²) >= 11 is 4.51. The second-order valence-corrected chi connectivity index (χ2v) is 10.1. The summed E-state index contributed by atoms with van der Waals surface area (Å²) in [6.45, 7) is 1.89. The number of nitriles is 1. The number of benzene rings is 3. The van der Waals surface area contributed by atoms with Crippen molar-refractivity contribution < 1.29 is 28.9 Å². The highest BCUT2D eigenvalue weighted by Gasteiger charge is 2.34. The number of methoxy groups -OCH3 is 1. The molecule has 0 saturated carbocycles. The summed E-state index contributed by atoms with van der Waals surface area (Å²) in [5, 5.41) is 20.4. The first-order chi connectivity index (χ1) is 19.4. The molecule has 0 fully saturated rings. The van der Waals surface area contributed by atoms with Crippen LogP contribution in [0.5, 0.6) is 11.5 Å². The molecule has 0 unspecified atom stereocenters. The van der Waals surface area contributed by atoms with E-state index in [9.17, 15) is 20.0 Å². The van der Waals surface area contributed by atoms with Crippen molar-refractivity contribution in [2.24, 2.45) is 4.99 Å². The Kier molecular flexibility index (Phi) is 9.43. The Balaban J connectivity index is 1.67. The van der Waals surface area contributed by atoms with Crippen LogP contribution in [0.2, 0.25) is 0 Å². The number of hydrogen-bond acceptors (Lipinski definition) is 8. The smallest absolute Gasteiger partial charge is 0.344 e. The quantitative estimate of drug-likeness (QED) is 0.280. The Morgan fingerprint density at radius 2 is 1.82 bits per heavy atom. The van der Waals surface area contributed by atoms with Crippen molar-refractivity contribution >= 4 is 50.7 Å². The lowest BCUT2D eigenvalue weighted by atomic mass is 10.1. The van der Waals surface area contributed by atoms with Gasteiger partial charge in [-0.2, -0.15) is 5.26 Å². The third-order valence-corrected chi connectivity index (χ3v) is 7.39. The van der Waals surface area contributed by atoms with Crippen LogP contribution in [0.4, 0.5) is 0 Å². The molecular weight excluding hydrogens is 596 g/mol. The number of ether oxygens (including phenoxy) is 3. The fourth-order valence-electron chi connectivity index (χ4n) is 3.72. The highest BCUT2D eigenvalue weighted by atomic mass is 79.9. The number of aliphatic hydroxyl groups is 1. The van der Waals surface area contributed by atoms with Gasteiger partial charge in [0, 0.05) is 15.6 Å². The average Bonchev–Trinajstić information content (AvgIpc) is 3.27. The number of aliphatic hydroxyl groups excluding tert-OH is 1. The van der Waals surface area contributed by atoms with E-state index in [1.54, 1.807) is 67.6 Å². The summed E-state index contributed by atoms with van der Waals surface area (Å²) in [7, 11) is 1.50. The fraction of sp³-hybridized carbons (Fsp3) is 0.133. The van der Waals surface area contributed by atoms with Crippen LogP contribution in [-0.2, 0) is 16.1 Å². The Hall–Kier alpha value is -4.33. The first kappa shape index (κ1) is 28.7. The number of amides is 1. The van der Waals surface area contributed by atoms with E-state index < -0.39 is 11.9 Å². The number of rotatable bonds is 8. The number of carbonyl (C=O) groups is 2. The predicted molar refractivity (Wildman–Crippen MR) is 156 cm³/mol. The molecule has 202 valence electrons. The molecule has 0 aromatic heterocycles. The maximum absolute atomic E-state index is 12.7. The van der Waals surface area contributed by atoms with Gasteiger partial charge in [0.15, 0.2) is 11.5 Å². The third-order valence-electron chi connectivity index (χ3n) is 5.68. The molecule has 40 heavy (non-hydrogen) atoms. The van der Waals surface area contributed by atoms with Crippen molar-refractivity contribution in [2.45, 2.75) is 13.5 Å². The van der Waals surface area contributed by atoms with E-state index in [-0.39, 0.29) is 29.6 Å². The molecule has 0 radical (unpaired) electrons. The number of halogens is 1. The van der Waals surface area contributed by atoms with Gasteiger partial charge in [-0.05, 0) is 48.9 Å². The van der Waals surface area contributed by atoms with Crippen molar-refractivity contribution in [3.8, 4) is 17.6 Å². The van der Waals surface area contributed by atoms with E-state index in [1.807, 2.05) is 12.1 Å². The summed E-state index contributed by atoms with van der Waals surface area (Å²) in [4.78, 5) is 29.8. The number of carbonyl (C=O) groups excluding carboxylic acids is 2. The van der Waals surface area contributed by atoms with E-state index in [4.69, 9.17) is 14.2 Å². The SMILES string of the molecule is CCOC(=O)C1=C(O)/C(=C/c2cc(OC)c(OCc3ccccc3C#N)cc2Br)SC1=NC(=O)c1ccccc1. The van der Waals surface area contributed by atoms with Gasteiger partial charge in [0.05, 0.1) is 30.3 Å². The van der Waals surface area contributed by atoms with Crippen LogP contribution < -0.4 is 9.47 Å². The molecule has 1 aliphatic rings. The van der Waals surface area contributed by atoms with E-state index in [0.29, 0.717) is 37.6 Å². The molecule has 3 aromatic carbocycles. The molecule has 0 saturated heterocycles. The van der Waals surface area contributed by atoms with E-state index >= 15 is 0 Å². The molecule has 8 nitrogen and oxygen atoms in total. The Bertz CT molecular complexity index is 1590. The summed E-state index contributed by atoms with van der Waals surface area (Å²) in [6.07, 6.45) is 1.64. The molecule has 1 amide bonds. The van der Waals surface area contributed by atoms with Crippen LogP contribution >= 0.6 is 27.7 Å². The highest BCUT2D eigenvalue weighted by molar-refractivity contribution is 9.10. The van der Waals surface area contributed by atoms with Crippen molar-refractivity contribution in [3.63, 3.8) is 0 Å². The fourth-order valence-corrected chi connectivity index (χ4v) is 5.16. The number of hydrogen-bond donors (Lipinski definition) is 1. The third kappa shape index (κ3) is 6.45. The Labute approximate surface area is 243 Å². The second kappa shape index (κ2) is 13.2. The summed E-state index contributed by atoms with van der Waals surface area (Å²) in [5.41, 5.74) is 2.02. The van der Waals surface area contributed by atoms with Gasteiger partial charge in [-0.3, -0.25) is 4.79 Å². The molecule has 0 bridgehead atoms. The average molecular weight is 619 g/mol. The van der Waals surface area contributed by atoms with Crippen LogP contribution in [0.1, 0.15) is 34.0 Å². The van der Waals surface area contributed by atoms with Crippen LogP contribution in [0.25, 0.3) is 6.08 Å². The summed E-state index contributed by atoms with van der Waals surface area (Å²) in [6, 6.07) is 21.1. The number of esters is 1. The van der Waals surface area contributed by atoms with Gasteiger partial charge < -0.3 is 19.3 Å². The van der Waals surface area contributed by atoms with E-state index in [1.165, 1.54) is 7.11 Å². The topological polar surface area (TPSA) is 118 Å². The van der Waals surface area contributed by atoms with Gasteiger partial charge in [-0.25, -0.2) is 9.79 Å². The van der Waals surface area contributed by atoms with Gasteiger partial charge in [0.2, 0.25) is 0 Å². The van der Waals surface area contributed by atoms with Crippen molar-refractivity contribution in [1.29, 1.82) is 5.26 Å². The van der Waals surface area contributed by atoms with Crippen molar-refractivity contribution in [1.82, 2.24) is 0 Å². The Morgan fingerprint density at radius 3 is 2.52 bits per heavy atom. The maximum atomic E-state index is 12.7.